The summed E-state index contributed by atoms with van der Waals surface area (Å²) in [4.78, 5) is 13.2. The third kappa shape index (κ3) is 8.75. The monoisotopic (exact) mass is 786 g/mol. The maximum atomic E-state index is 10.1. The zero-order valence-electron chi connectivity index (χ0n) is 28.1. The van der Waals surface area contributed by atoms with Crippen molar-refractivity contribution in [3.8, 4) is 51.7 Å². The molecule has 54 heavy (non-hydrogen) atoms. The van der Waals surface area contributed by atoms with E-state index in [4.69, 9.17) is 49.5 Å². The summed E-state index contributed by atoms with van der Waals surface area (Å²) in [7, 11) is -8.80. The van der Waals surface area contributed by atoms with Gasteiger partial charge in [-0.2, -0.15) is 0 Å². The highest BCUT2D eigenvalue weighted by Crippen LogP contribution is 2.77. The van der Waals surface area contributed by atoms with Crippen molar-refractivity contribution in [3.63, 3.8) is 0 Å². The van der Waals surface area contributed by atoms with Crippen molar-refractivity contribution < 1.29 is 43.1 Å². The first-order valence-corrected chi connectivity index (χ1v) is 19.8. The number of hydrogen-bond donors (Lipinski definition) is 6. The van der Waals surface area contributed by atoms with E-state index in [1.54, 1.807) is 72.8 Å². The van der Waals surface area contributed by atoms with Crippen LogP contribution in [0.1, 0.15) is 0 Å². The first kappa shape index (κ1) is 36.3. The van der Waals surface area contributed by atoms with Crippen molar-refractivity contribution in [2.45, 2.75) is 0 Å². The number of nitrogens with two attached hydrogens (primary N) is 3. The molecule has 0 saturated carbocycles. The van der Waals surface area contributed by atoms with Gasteiger partial charge in [0.25, 0.3) is 0 Å². The standard InChI is InChI=1S/C36H33N6O9P3/c37-25-1-13-31(14-2-25)46-41-52(48-33-15-3-26(38)4-16-33)40-54(50-35-21-9-29(44)10-22-35,51-36-23-11-30(45)12-24-36)42(47-32-19-7-28(43)8-20-32)53(41)49-34-17-5-27(39)6-18-34/h1-24,43-45H,37-39H2. The molecule has 0 radical (unpaired) electrons. The quantitative estimate of drug-likeness (QED) is 0.0504. The minimum Gasteiger partial charge on any atom is -0.508 e. The van der Waals surface area contributed by atoms with E-state index in [9.17, 15) is 15.3 Å². The lowest BCUT2D eigenvalue weighted by atomic mass is 10.3. The van der Waals surface area contributed by atoms with Crippen LogP contribution in [0.4, 0.5) is 17.1 Å². The Kier molecular flexibility index (Phi) is 10.7. The third-order valence-corrected chi connectivity index (χ3v) is 14.0. The van der Waals surface area contributed by atoms with E-state index >= 15 is 0 Å². The van der Waals surface area contributed by atoms with E-state index in [-0.39, 0.29) is 34.5 Å². The second-order valence-electron chi connectivity index (χ2n) is 11.3. The van der Waals surface area contributed by atoms with Gasteiger partial charge in [0.2, 0.25) is 0 Å². The molecule has 1 aliphatic heterocycles. The minimum absolute atomic E-state index is 0.00143. The van der Waals surface area contributed by atoms with Crippen LogP contribution in [0.25, 0.3) is 0 Å². The highest BCUT2D eigenvalue weighted by atomic mass is 31.3. The predicted molar refractivity (Wildman–Crippen MR) is 208 cm³/mol. The van der Waals surface area contributed by atoms with Gasteiger partial charge in [0.15, 0.2) is 0 Å². The Labute approximate surface area is 312 Å². The van der Waals surface area contributed by atoms with Gasteiger partial charge in [-0.05, 0) is 146 Å². The number of phenols is 3. The molecule has 0 aliphatic carbocycles. The molecule has 2 atom stereocenters. The summed E-state index contributed by atoms with van der Waals surface area (Å²) in [6.45, 7) is 0. The van der Waals surface area contributed by atoms with Crippen LogP contribution in [-0.4, -0.2) is 24.5 Å². The van der Waals surface area contributed by atoms with Crippen molar-refractivity contribution in [3.05, 3.63) is 146 Å². The van der Waals surface area contributed by atoms with Gasteiger partial charge >= 0.3 is 24.6 Å². The molecular weight excluding hydrogens is 753 g/mol. The van der Waals surface area contributed by atoms with E-state index < -0.39 is 24.6 Å². The number of aromatic hydroxyl groups is 3. The molecule has 0 saturated heterocycles. The highest BCUT2D eigenvalue weighted by molar-refractivity contribution is 7.78. The van der Waals surface area contributed by atoms with Crippen LogP contribution in [-0.2, 0) is 0 Å². The molecule has 2 unspecified atom stereocenters. The summed E-state index contributed by atoms with van der Waals surface area (Å²) in [6.07, 6.45) is 0. The number of hydrogen-bond acceptors (Lipinski definition) is 15. The summed E-state index contributed by atoms with van der Waals surface area (Å²) in [5.41, 5.74) is 19.6. The van der Waals surface area contributed by atoms with Gasteiger partial charge in [-0.25, -0.2) is 0 Å². The number of nitrogens with zero attached hydrogens (tertiary/aromatic N) is 3. The summed E-state index contributed by atoms with van der Waals surface area (Å²) in [5, 5.41) is 30.4. The molecule has 1 aliphatic rings. The maximum Gasteiger partial charge on any atom is 0.447 e. The Morgan fingerprint density at radius 1 is 0.444 bits per heavy atom. The van der Waals surface area contributed by atoms with Gasteiger partial charge in [-0.15, -0.1) is 4.52 Å². The topological polar surface area (TPSA) is 213 Å². The smallest absolute Gasteiger partial charge is 0.447 e. The molecule has 6 aromatic rings. The Bertz CT molecular complexity index is 2170. The zero-order chi connectivity index (χ0) is 37.7. The normalized spacial score (nSPS) is 16.7. The van der Waals surface area contributed by atoms with Crippen LogP contribution in [0, 0.1) is 0 Å². The number of rotatable bonds is 12. The van der Waals surface area contributed by atoms with Gasteiger partial charge in [-0.3, -0.25) is 0 Å². The zero-order valence-corrected chi connectivity index (χ0v) is 30.7. The molecular formula is C36H33N6O9P3. The maximum absolute atomic E-state index is 10.1. The fourth-order valence-electron chi connectivity index (χ4n) is 4.56. The number of benzene rings is 6. The molecule has 15 nitrogen and oxygen atoms in total. The Morgan fingerprint density at radius 3 is 1.24 bits per heavy atom. The molecule has 276 valence electrons. The van der Waals surface area contributed by atoms with E-state index in [1.807, 2.05) is 0 Å². The van der Waals surface area contributed by atoms with Crippen molar-refractivity contribution in [2.75, 3.05) is 17.2 Å². The first-order chi connectivity index (χ1) is 26.1. The molecule has 6 aromatic carbocycles. The van der Waals surface area contributed by atoms with Gasteiger partial charge in [-0.1, -0.05) is 0 Å². The van der Waals surface area contributed by atoms with Crippen LogP contribution in [0.3, 0.4) is 0 Å². The summed E-state index contributed by atoms with van der Waals surface area (Å²) in [5.74, 6) is 1.81. The van der Waals surface area contributed by atoms with Crippen LogP contribution in [0.2, 0.25) is 0 Å². The molecule has 0 bridgehead atoms. The SMILES string of the molecule is Nc1ccc(ON2P(Oc3ccc(N)cc3)N=P(Oc3ccc(O)cc3)(Oc3ccc(O)cc3)N(Oc3ccc(O)cc3)P2Oc2ccc(N)cc2)cc1. The average Bonchev–Trinajstić information content (AvgIpc) is 3.16. The van der Waals surface area contributed by atoms with E-state index in [0.717, 1.165) is 0 Å². The molecule has 9 N–H and O–H groups in total. The molecule has 18 heteroatoms. The fraction of sp³-hybridized carbons (Fsp3) is 0. The van der Waals surface area contributed by atoms with Gasteiger partial charge in [0.05, 0.1) is 0 Å². The molecule has 0 aromatic heterocycles. The number of nitrogen functional groups attached to an aromatic ring is 3. The highest BCUT2D eigenvalue weighted by Gasteiger charge is 2.58. The summed E-state index contributed by atoms with van der Waals surface area (Å²) < 4.78 is 34.8. The van der Waals surface area contributed by atoms with Crippen LogP contribution in [0.15, 0.2) is 150 Å². The van der Waals surface area contributed by atoms with Gasteiger partial charge < -0.3 is 60.3 Å². The van der Waals surface area contributed by atoms with Crippen LogP contribution < -0.4 is 45.0 Å². The molecule has 0 spiro atoms. The minimum atomic E-state index is -4.08. The lowest BCUT2D eigenvalue weighted by Crippen LogP contribution is -2.37. The van der Waals surface area contributed by atoms with Crippen molar-refractivity contribution in [1.29, 1.82) is 0 Å². The summed E-state index contributed by atoms with van der Waals surface area (Å²) in [6, 6.07) is 38.0. The van der Waals surface area contributed by atoms with E-state index in [0.29, 0.717) is 34.3 Å². The van der Waals surface area contributed by atoms with E-state index in [1.165, 1.54) is 82.0 Å². The van der Waals surface area contributed by atoms with Crippen LogP contribution in [0.5, 0.6) is 51.7 Å². The molecule has 1 heterocycles. The predicted octanol–water partition coefficient (Wildman–Crippen LogP) is 9.17. The summed E-state index contributed by atoms with van der Waals surface area (Å²) >= 11 is 0. The second kappa shape index (κ2) is 15.9. The van der Waals surface area contributed by atoms with Gasteiger partial charge in [0, 0.05) is 26.3 Å². The Balaban J connectivity index is 1.48. The van der Waals surface area contributed by atoms with Gasteiger partial charge in [0.1, 0.15) is 51.7 Å². The lowest BCUT2D eigenvalue weighted by Gasteiger charge is -2.43. The molecule has 0 fully saturated rings. The largest absolute Gasteiger partial charge is 0.508 e. The Morgan fingerprint density at radius 2 is 0.796 bits per heavy atom. The second-order valence-corrected chi connectivity index (χ2v) is 16.8. The van der Waals surface area contributed by atoms with E-state index in [2.05, 4.69) is 0 Å². The molecule has 0 amide bonds. The lowest BCUT2D eigenvalue weighted by molar-refractivity contribution is 0.0545. The van der Waals surface area contributed by atoms with Crippen molar-refractivity contribution in [2.24, 2.45) is 4.52 Å². The molecule has 7 rings (SSSR count). The van der Waals surface area contributed by atoms with Crippen molar-refractivity contribution >= 4 is 41.6 Å². The number of phenolic OH excluding ortho intramolecular Hbond substituents is 3. The number of anilines is 3. The average molecular weight is 787 g/mol. The van der Waals surface area contributed by atoms with Crippen LogP contribution >= 0.6 is 24.6 Å². The first-order valence-electron chi connectivity index (χ1n) is 16.0. The fourth-order valence-corrected chi connectivity index (χ4v) is 12.0. The third-order valence-electron chi connectivity index (χ3n) is 7.19. The Hall–Kier alpha value is -6.07. The van der Waals surface area contributed by atoms with Crippen molar-refractivity contribution in [1.82, 2.24) is 9.21 Å².